The fourth-order valence-electron chi connectivity index (χ4n) is 1.47. The summed E-state index contributed by atoms with van der Waals surface area (Å²) in [6.07, 6.45) is 2.23. The number of hydrogen-bond acceptors (Lipinski definition) is 4. The van der Waals surface area contributed by atoms with Crippen molar-refractivity contribution in [2.45, 2.75) is 45.6 Å². The van der Waals surface area contributed by atoms with Crippen LogP contribution in [0, 0.1) is 0 Å². The van der Waals surface area contributed by atoms with E-state index in [1.165, 1.54) is 0 Å². The van der Waals surface area contributed by atoms with E-state index < -0.39 is 5.60 Å². The van der Waals surface area contributed by atoms with Crippen LogP contribution in [0.5, 0.6) is 5.75 Å². The van der Waals surface area contributed by atoms with Gasteiger partial charge in [-0.3, -0.25) is 0 Å². The average Bonchev–Trinajstić information content (AvgIpc) is 2.43. The summed E-state index contributed by atoms with van der Waals surface area (Å²) < 4.78 is 5.55. The molecule has 1 rings (SSSR count). The van der Waals surface area contributed by atoms with E-state index in [1.807, 2.05) is 31.2 Å². The van der Waals surface area contributed by atoms with Gasteiger partial charge in [0.25, 0.3) is 0 Å². The first-order valence-corrected chi connectivity index (χ1v) is 6.58. The summed E-state index contributed by atoms with van der Waals surface area (Å²) in [7, 11) is 0. The molecule has 1 atom stereocenters. The number of hydrogen-bond donors (Lipinski definition) is 2. The lowest BCUT2D eigenvalue weighted by atomic mass is 10.1. The zero-order valence-corrected chi connectivity index (χ0v) is 11.9. The van der Waals surface area contributed by atoms with Crippen LogP contribution in [0.1, 0.15) is 39.2 Å². The van der Waals surface area contributed by atoms with Crippen molar-refractivity contribution in [2.24, 2.45) is 5.16 Å². The molecule has 106 valence electrons. The molecule has 0 saturated carbocycles. The summed E-state index contributed by atoms with van der Waals surface area (Å²) >= 11 is 0. The summed E-state index contributed by atoms with van der Waals surface area (Å²) in [6, 6.07) is 7.76. The molecule has 0 aliphatic carbocycles. The summed E-state index contributed by atoms with van der Waals surface area (Å²) in [6.45, 7) is 5.78. The molecule has 0 aliphatic heterocycles. The molecule has 0 radical (unpaired) electrons. The Morgan fingerprint density at radius 2 is 1.95 bits per heavy atom. The van der Waals surface area contributed by atoms with Crippen LogP contribution in [0.2, 0.25) is 0 Å². The number of nitrogens with zero attached hydrogens (tertiary/aromatic N) is 1. The summed E-state index contributed by atoms with van der Waals surface area (Å²) in [5.74, 6) is 0.755. The second kappa shape index (κ2) is 7.14. The Hall–Kier alpha value is -1.55. The lowest BCUT2D eigenvalue weighted by molar-refractivity contribution is 0.00846. The van der Waals surface area contributed by atoms with Crippen molar-refractivity contribution in [3.05, 3.63) is 29.8 Å². The number of rotatable bonds is 7. The van der Waals surface area contributed by atoms with Gasteiger partial charge < -0.3 is 15.1 Å². The number of oxime groups is 1. The molecule has 1 aromatic carbocycles. The molecule has 2 N–H and O–H groups in total. The molecule has 1 unspecified atom stereocenters. The van der Waals surface area contributed by atoms with Crippen LogP contribution in [0.25, 0.3) is 0 Å². The third-order valence-electron chi connectivity index (χ3n) is 3.18. The number of aryl methyl sites for hydroxylation is 1. The van der Waals surface area contributed by atoms with Gasteiger partial charge in [-0.2, -0.15) is 0 Å². The van der Waals surface area contributed by atoms with Gasteiger partial charge in [-0.15, -0.1) is 0 Å². The zero-order chi connectivity index (χ0) is 14.3. The second-order valence-electron chi connectivity index (χ2n) is 5.12. The summed E-state index contributed by atoms with van der Waals surface area (Å²) in [5.41, 5.74) is 1.10. The van der Waals surface area contributed by atoms with Gasteiger partial charge >= 0.3 is 0 Å². The van der Waals surface area contributed by atoms with Crippen molar-refractivity contribution in [3.8, 4) is 5.75 Å². The summed E-state index contributed by atoms with van der Waals surface area (Å²) in [4.78, 5) is 0. The van der Waals surface area contributed by atoms with Gasteiger partial charge in [0.2, 0.25) is 0 Å². The number of ether oxygens (including phenoxy) is 1. The van der Waals surface area contributed by atoms with Gasteiger partial charge in [0, 0.05) is 0 Å². The SMILES string of the molecule is CCC(C)(O)COc1ccc(CC/C(C)=N/O)cc1. The fraction of sp³-hybridized carbons (Fsp3) is 0.533. The van der Waals surface area contributed by atoms with Crippen LogP contribution in [0.3, 0.4) is 0 Å². The van der Waals surface area contributed by atoms with Gasteiger partial charge in [-0.05, 0) is 50.8 Å². The molecule has 0 spiro atoms. The average molecular weight is 265 g/mol. The standard InChI is InChI=1S/C15H23NO3/c1-4-15(3,17)11-19-14-9-7-13(8-10-14)6-5-12(2)16-18/h7-10,17-18H,4-6,11H2,1-3H3/b16-12+. The van der Waals surface area contributed by atoms with Crippen LogP contribution in [0.4, 0.5) is 0 Å². The van der Waals surface area contributed by atoms with Gasteiger partial charge in [0.1, 0.15) is 12.4 Å². The predicted octanol–water partition coefficient (Wildman–Crippen LogP) is 3.01. The number of benzene rings is 1. The van der Waals surface area contributed by atoms with Gasteiger partial charge in [-0.25, -0.2) is 0 Å². The summed E-state index contributed by atoms with van der Waals surface area (Å²) in [5, 5.41) is 21.6. The van der Waals surface area contributed by atoms with Crippen LogP contribution < -0.4 is 4.74 Å². The topological polar surface area (TPSA) is 62.0 Å². The van der Waals surface area contributed by atoms with E-state index in [0.29, 0.717) is 13.0 Å². The first-order chi connectivity index (χ1) is 8.96. The predicted molar refractivity (Wildman–Crippen MR) is 76.1 cm³/mol. The minimum Gasteiger partial charge on any atom is -0.491 e. The maximum Gasteiger partial charge on any atom is 0.119 e. The smallest absolute Gasteiger partial charge is 0.119 e. The maximum absolute atomic E-state index is 9.85. The Balaban J connectivity index is 2.48. The third kappa shape index (κ3) is 5.75. The van der Waals surface area contributed by atoms with E-state index in [0.717, 1.165) is 29.9 Å². The lowest BCUT2D eigenvalue weighted by Crippen LogP contribution is -2.31. The van der Waals surface area contributed by atoms with Gasteiger partial charge in [0.15, 0.2) is 0 Å². The third-order valence-corrected chi connectivity index (χ3v) is 3.18. The Kier molecular flexibility index (Phi) is 5.83. The Morgan fingerprint density at radius 1 is 1.32 bits per heavy atom. The molecule has 0 heterocycles. The quantitative estimate of drug-likeness (QED) is 0.452. The first-order valence-electron chi connectivity index (χ1n) is 6.58. The minimum atomic E-state index is -0.784. The van der Waals surface area contributed by atoms with Crippen LogP contribution >= 0.6 is 0 Å². The highest BCUT2D eigenvalue weighted by Crippen LogP contribution is 2.16. The first kappa shape index (κ1) is 15.5. The van der Waals surface area contributed by atoms with Gasteiger partial charge in [-0.1, -0.05) is 24.2 Å². The van der Waals surface area contributed by atoms with Crippen molar-refractivity contribution in [1.29, 1.82) is 0 Å². The molecule has 0 aromatic heterocycles. The van der Waals surface area contributed by atoms with Crippen molar-refractivity contribution in [1.82, 2.24) is 0 Å². The fourth-order valence-corrected chi connectivity index (χ4v) is 1.47. The molecule has 0 amide bonds. The highest BCUT2D eigenvalue weighted by Gasteiger charge is 2.18. The Labute approximate surface area is 114 Å². The van der Waals surface area contributed by atoms with E-state index in [1.54, 1.807) is 13.8 Å². The van der Waals surface area contributed by atoms with Crippen molar-refractivity contribution < 1.29 is 15.1 Å². The molecule has 19 heavy (non-hydrogen) atoms. The molecular weight excluding hydrogens is 242 g/mol. The van der Waals surface area contributed by atoms with Crippen molar-refractivity contribution in [2.75, 3.05) is 6.61 Å². The molecule has 1 aromatic rings. The van der Waals surface area contributed by atoms with E-state index >= 15 is 0 Å². The Bertz CT molecular complexity index is 410. The molecule has 0 aliphatic rings. The molecule has 0 fully saturated rings. The van der Waals surface area contributed by atoms with Crippen LogP contribution in [0.15, 0.2) is 29.4 Å². The highest BCUT2D eigenvalue weighted by molar-refractivity contribution is 5.81. The van der Waals surface area contributed by atoms with Gasteiger partial charge in [0.05, 0.1) is 11.3 Å². The molecule has 0 saturated heterocycles. The monoisotopic (exact) mass is 265 g/mol. The largest absolute Gasteiger partial charge is 0.491 e. The molecular formula is C15H23NO3. The minimum absolute atomic E-state index is 0.291. The second-order valence-corrected chi connectivity index (χ2v) is 5.12. The molecule has 4 nitrogen and oxygen atoms in total. The molecule has 0 bridgehead atoms. The normalized spacial score (nSPS) is 15.1. The highest BCUT2D eigenvalue weighted by atomic mass is 16.5. The van der Waals surface area contributed by atoms with E-state index in [4.69, 9.17) is 9.94 Å². The lowest BCUT2D eigenvalue weighted by Gasteiger charge is -2.21. The van der Waals surface area contributed by atoms with E-state index in [-0.39, 0.29) is 0 Å². The van der Waals surface area contributed by atoms with Crippen molar-refractivity contribution >= 4 is 5.71 Å². The maximum atomic E-state index is 9.85. The van der Waals surface area contributed by atoms with Crippen LogP contribution in [-0.4, -0.2) is 28.2 Å². The number of aliphatic hydroxyl groups is 1. The Morgan fingerprint density at radius 3 is 2.47 bits per heavy atom. The molecule has 4 heteroatoms. The van der Waals surface area contributed by atoms with E-state index in [9.17, 15) is 5.11 Å². The van der Waals surface area contributed by atoms with Crippen molar-refractivity contribution in [3.63, 3.8) is 0 Å². The zero-order valence-electron chi connectivity index (χ0n) is 11.9. The van der Waals surface area contributed by atoms with E-state index in [2.05, 4.69) is 5.16 Å². The van der Waals surface area contributed by atoms with Crippen LogP contribution in [-0.2, 0) is 6.42 Å².